The van der Waals surface area contributed by atoms with Gasteiger partial charge in [-0.2, -0.15) is 0 Å². The van der Waals surface area contributed by atoms with Gasteiger partial charge in [-0.15, -0.1) is 0 Å². The molecule has 1 aromatic rings. The molecule has 1 aliphatic rings. The molecule has 0 aliphatic carbocycles. The molecular weight excluding hydrogens is 202 g/mol. The van der Waals surface area contributed by atoms with E-state index >= 15 is 0 Å². The summed E-state index contributed by atoms with van der Waals surface area (Å²) in [6.45, 7) is 1.71. The Balaban J connectivity index is 2.62. The van der Waals surface area contributed by atoms with Crippen molar-refractivity contribution in [2.24, 2.45) is 4.99 Å². The fourth-order valence-corrected chi connectivity index (χ4v) is 1.72. The molecule has 0 spiro atoms. The molecule has 2 rings (SSSR count). The number of aldehydes is 1. The number of hydrogen-bond donors (Lipinski definition) is 0. The van der Waals surface area contributed by atoms with E-state index in [1.807, 2.05) is 6.07 Å². The van der Waals surface area contributed by atoms with E-state index in [-0.39, 0.29) is 0 Å². The van der Waals surface area contributed by atoms with Crippen LogP contribution in [0, 0.1) is 0 Å². The van der Waals surface area contributed by atoms with Gasteiger partial charge in [0.1, 0.15) is 0 Å². The van der Waals surface area contributed by atoms with Crippen molar-refractivity contribution in [2.45, 2.75) is 13.0 Å². The Kier molecular flexibility index (Phi) is 2.25. The van der Waals surface area contributed by atoms with E-state index in [4.69, 9.17) is 16.3 Å². The number of hydrogen-bond acceptors (Lipinski definition) is 3. The predicted molar refractivity (Wildman–Crippen MR) is 54.1 cm³/mol. The van der Waals surface area contributed by atoms with Crippen LogP contribution >= 0.6 is 11.6 Å². The molecular formula is C10H8ClNO2. The zero-order chi connectivity index (χ0) is 10.1. The summed E-state index contributed by atoms with van der Waals surface area (Å²) in [5, 5.41) is 0.510. The highest BCUT2D eigenvalue weighted by molar-refractivity contribution is 6.32. The third-order valence-corrected chi connectivity index (χ3v) is 2.34. The van der Waals surface area contributed by atoms with Gasteiger partial charge in [-0.3, -0.25) is 4.79 Å². The summed E-state index contributed by atoms with van der Waals surface area (Å²) in [7, 11) is 0. The number of nitrogens with zero attached hydrogens (tertiary/aromatic N) is 1. The molecule has 0 fully saturated rings. The maximum absolute atomic E-state index is 10.8. The molecule has 72 valence electrons. The molecule has 1 aromatic carbocycles. The average molecular weight is 210 g/mol. The highest BCUT2D eigenvalue weighted by atomic mass is 35.5. The van der Waals surface area contributed by atoms with Crippen molar-refractivity contribution in [2.75, 3.05) is 0 Å². The summed E-state index contributed by atoms with van der Waals surface area (Å²) < 4.78 is 5.24. The molecule has 0 saturated carbocycles. The number of rotatable bonds is 1. The standard InChI is InChI=1S/C10H8ClNO2/c1-6-12-8-4-2-3-7(11)10(8)9(5-13)14-6/h2-5,9H,1H3. The lowest BCUT2D eigenvalue weighted by molar-refractivity contribution is -0.114. The first-order chi connectivity index (χ1) is 6.72. The van der Waals surface area contributed by atoms with Crippen LogP contribution in [-0.2, 0) is 9.53 Å². The quantitative estimate of drug-likeness (QED) is 0.667. The van der Waals surface area contributed by atoms with Crippen LogP contribution in [0.25, 0.3) is 0 Å². The van der Waals surface area contributed by atoms with Crippen LogP contribution in [0.2, 0.25) is 5.02 Å². The number of benzene rings is 1. The first-order valence-electron chi connectivity index (χ1n) is 4.18. The molecule has 4 heteroatoms. The van der Waals surface area contributed by atoms with Gasteiger partial charge in [0.05, 0.1) is 10.7 Å². The fourth-order valence-electron chi connectivity index (χ4n) is 1.44. The Bertz CT molecular complexity index is 415. The van der Waals surface area contributed by atoms with E-state index in [9.17, 15) is 4.79 Å². The van der Waals surface area contributed by atoms with Gasteiger partial charge in [-0.1, -0.05) is 17.7 Å². The van der Waals surface area contributed by atoms with E-state index in [2.05, 4.69) is 4.99 Å². The third-order valence-electron chi connectivity index (χ3n) is 2.01. The van der Waals surface area contributed by atoms with Crippen molar-refractivity contribution < 1.29 is 9.53 Å². The lowest BCUT2D eigenvalue weighted by Gasteiger charge is -2.21. The zero-order valence-electron chi connectivity index (χ0n) is 7.53. The van der Waals surface area contributed by atoms with Gasteiger partial charge in [-0.25, -0.2) is 4.99 Å². The number of ether oxygens (including phenoxy) is 1. The lowest BCUT2D eigenvalue weighted by atomic mass is 10.1. The summed E-state index contributed by atoms with van der Waals surface area (Å²) >= 11 is 5.96. The van der Waals surface area contributed by atoms with E-state index < -0.39 is 6.10 Å². The Morgan fingerprint density at radius 1 is 1.57 bits per heavy atom. The van der Waals surface area contributed by atoms with E-state index in [0.29, 0.717) is 22.2 Å². The molecule has 0 amide bonds. The molecule has 0 aromatic heterocycles. The minimum atomic E-state index is -0.629. The van der Waals surface area contributed by atoms with Crippen LogP contribution in [-0.4, -0.2) is 12.2 Å². The average Bonchev–Trinajstić information content (AvgIpc) is 2.16. The zero-order valence-corrected chi connectivity index (χ0v) is 8.28. The molecule has 1 aliphatic heterocycles. The monoisotopic (exact) mass is 209 g/mol. The molecule has 3 nitrogen and oxygen atoms in total. The number of aliphatic imine (C=N–C) groups is 1. The summed E-state index contributed by atoms with van der Waals surface area (Å²) in [5.74, 6) is 0.483. The Labute approximate surface area is 86.4 Å². The largest absolute Gasteiger partial charge is 0.465 e. The first-order valence-corrected chi connectivity index (χ1v) is 4.56. The summed E-state index contributed by atoms with van der Waals surface area (Å²) in [4.78, 5) is 14.9. The SMILES string of the molecule is CC1=Nc2cccc(Cl)c2C(C=O)O1. The maximum atomic E-state index is 10.8. The summed E-state index contributed by atoms with van der Waals surface area (Å²) in [5.41, 5.74) is 1.35. The fraction of sp³-hybridized carbons (Fsp3) is 0.200. The van der Waals surface area contributed by atoms with Gasteiger partial charge < -0.3 is 4.74 Å². The van der Waals surface area contributed by atoms with Gasteiger partial charge in [0, 0.05) is 12.5 Å². The summed E-state index contributed by atoms with van der Waals surface area (Å²) in [6.07, 6.45) is 0.0966. The Morgan fingerprint density at radius 3 is 3.07 bits per heavy atom. The van der Waals surface area contributed by atoms with Crippen LogP contribution in [0.1, 0.15) is 18.6 Å². The molecule has 0 saturated heterocycles. The summed E-state index contributed by atoms with van der Waals surface area (Å²) in [6, 6.07) is 5.32. The second kappa shape index (κ2) is 3.42. The van der Waals surface area contributed by atoms with Crippen LogP contribution in [0.4, 0.5) is 5.69 Å². The molecule has 0 bridgehead atoms. The van der Waals surface area contributed by atoms with Crippen molar-refractivity contribution >= 4 is 29.5 Å². The van der Waals surface area contributed by atoms with E-state index in [1.165, 1.54) is 0 Å². The molecule has 1 heterocycles. The van der Waals surface area contributed by atoms with Crippen LogP contribution in [0.3, 0.4) is 0 Å². The van der Waals surface area contributed by atoms with Gasteiger partial charge in [0.15, 0.2) is 18.3 Å². The molecule has 1 unspecified atom stereocenters. The minimum absolute atomic E-state index is 0.483. The van der Waals surface area contributed by atoms with Gasteiger partial charge in [-0.05, 0) is 12.1 Å². The van der Waals surface area contributed by atoms with Gasteiger partial charge in [0.25, 0.3) is 0 Å². The number of halogens is 1. The normalized spacial score (nSPS) is 19.3. The molecule has 0 radical (unpaired) electrons. The highest BCUT2D eigenvalue weighted by Gasteiger charge is 2.23. The van der Waals surface area contributed by atoms with Crippen LogP contribution in [0.15, 0.2) is 23.2 Å². The number of fused-ring (bicyclic) bond motifs is 1. The number of carbonyl (C=O) groups excluding carboxylic acids is 1. The van der Waals surface area contributed by atoms with Crippen molar-refractivity contribution in [1.29, 1.82) is 0 Å². The van der Waals surface area contributed by atoms with Crippen LogP contribution in [0.5, 0.6) is 0 Å². The minimum Gasteiger partial charge on any atom is -0.465 e. The van der Waals surface area contributed by atoms with Crippen molar-refractivity contribution in [1.82, 2.24) is 0 Å². The van der Waals surface area contributed by atoms with E-state index in [1.54, 1.807) is 19.1 Å². The van der Waals surface area contributed by atoms with Crippen molar-refractivity contribution in [3.8, 4) is 0 Å². The van der Waals surface area contributed by atoms with Gasteiger partial charge >= 0.3 is 0 Å². The Morgan fingerprint density at radius 2 is 2.36 bits per heavy atom. The van der Waals surface area contributed by atoms with Crippen molar-refractivity contribution in [3.05, 3.63) is 28.8 Å². The van der Waals surface area contributed by atoms with Gasteiger partial charge in [0.2, 0.25) is 0 Å². The Hall–Kier alpha value is -1.35. The smallest absolute Gasteiger partial charge is 0.186 e. The molecule has 0 N–H and O–H groups in total. The highest BCUT2D eigenvalue weighted by Crippen LogP contribution is 2.36. The van der Waals surface area contributed by atoms with Crippen LogP contribution < -0.4 is 0 Å². The predicted octanol–water partition coefficient (Wildman–Crippen LogP) is 2.66. The number of carbonyl (C=O) groups is 1. The lowest BCUT2D eigenvalue weighted by Crippen LogP contribution is -2.14. The first kappa shape index (κ1) is 9.21. The maximum Gasteiger partial charge on any atom is 0.186 e. The van der Waals surface area contributed by atoms with E-state index in [0.717, 1.165) is 6.29 Å². The molecule has 14 heavy (non-hydrogen) atoms. The topological polar surface area (TPSA) is 38.7 Å². The van der Waals surface area contributed by atoms with Crippen molar-refractivity contribution in [3.63, 3.8) is 0 Å². The second-order valence-electron chi connectivity index (χ2n) is 2.98. The molecule has 1 atom stereocenters. The second-order valence-corrected chi connectivity index (χ2v) is 3.39. The third kappa shape index (κ3) is 1.40.